The van der Waals surface area contributed by atoms with E-state index in [-0.39, 0.29) is 18.2 Å². The lowest BCUT2D eigenvalue weighted by molar-refractivity contribution is -0.115. The van der Waals surface area contributed by atoms with Gasteiger partial charge in [0.15, 0.2) is 5.13 Å². The van der Waals surface area contributed by atoms with Gasteiger partial charge in [-0.3, -0.25) is 13.6 Å². The average Bonchev–Trinajstić information content (AvgIpc) is 3.54. The summed E-state index contributed by atoms with van der Waals surface area (Å²) in [7, 11) is -3.49. The van der Waals surface area contributed by atoms with Crippen molar-refractivity contribution in [3.63, 3.8) is 0 Å². The van der Waals surface area contributed by atoms with Gasteiger partial charge in [0, 0.05) is 23.3 Å². The Morgan fingerprint density at radius 1 is 1.11 bits per heavy atom. The zero-order chi connectivity index (χ0) is 25.7. The number of rotatable bonds is 9. The van der Waals surface area contributed by atoms with Gasteiger partial charge in [-0.2, -0.15) is 0 Å². The van der Waals surface area contributed by atoms with Gasteiger partial charge in [0.25, 0.3) is 5.91 Å². The fourth-order valence-electron chi connectivity index (χ4n) is 3.33. The molecule has 9 nitrogen and oxygen atoms in total. The molecule has 2 aromatic heterocycles. The third-order valence-electron chi connectivity index (χ3n) is 5.18. The molecule has 0 fully saturated rings. The van der Waals surface area contributed by atoms with Crippen molar-refractivity contribution in [3.05, 3.63) is 89.6 Å². The first kappa shape index (κ1) is 25.1. The molecular formula is C25H24N4O5S2. The summed E-state index contributed by atoms with van der Waals surface area (Å²) < 4.78 is 30.0. The molecule has 0 aliphatic carbocycles. The summed E-state index contributed by atoms with van der Waals surface area (Å²) in [6.07, 6.45) is 3.32. The molecule has 2 amide bonds. The molecule has 0 saturated carbocycles. The van der Waals surface area contributed by atoms with Gasteiger partial charge in [-0.1, -0.05) is 36.4 Å². The predicted molar refractivity (Wildman–Crippen MR) is 139 cm³/mol. The summed E-state index contributed by atoms with van der Waals surface area (Å²) in [5.74, 6) is -0.226. The predicted octanol–water partition coefficient (Wildman–Crippen LogP) is 3.93. The molecule has 36 heavy (non-hydrogen) atoms. The summed E-state index contributed by atoms with van der Waals surface area (Å²) in [5, 5.41) is 7.36. The standard InChI is InChI=1S/C25H24N4O5S2/c1-17(34-21-9-4-3-5-10-21)18-7-6-8-19(13-18)22-16-35-25(27-22)28-23(30)14-26-24(31)20-11-12-29(15-20)36(2,32)33/h3-13,15-17H,14H2,1-2H3,(H,26,31)(H,27,28,30). The molecule has 0 aliphatic heterocycles. The van der Waals surface area contributed by atoms with Crippen molar-refractivity contribution in [3.8, 4) is 17.0 Å². The number of amides is 2. The third-order valence-corrected chi connectivity index (χ3v) is 6.93. The number of para-hydroxylation sites is 1. The van der Waals surface area contributed by atoms with E-state index < -0.39 is 21.8 Å². The van der Waals surface area contributed by atoms with Gasteiger partial charge in [-0.25, -0.2) is 13.4 Å². The molecule has 0 bridgehead atoms. The average molecular weight is 525 g/mol. The normalized spacial score (nSPS) is 12.1. The molecule has 0 saturated heterocycles. The third kappa shape index (κ3) is 6.37. The number of hydrogen-bond donors (Lipinski definition) is 2. The Hall–Kier alpha value is -3.96. The zero-order valence-electron chi connectivity index (χ0n) is 19.5. The Bertz CT molecular complexity index is 1480. The van der Waals surface area contributed by atoms with Crippen LogP contribution in [0.15, 0.2) is 78.4 Å². The molecule has 11 heteroatoms. The van der Waals surface area contributed by atoms with Crippen LogP contribution in [-0.2, 0) is 14.8 Å². The van der Waals surface area contributed by atoms with Gasteiger partial charge in [0.1, 0.15) is 11.9 Å². The SMILES string of the molecule is CC(Oc1ccccc1)c1cccc(-c2csc(NC(=O)CNC(=O)c3ccn(S(C)(=O)=O)c3)n2)c1. The van der Waals surface area contributed by atoms with Gasteiger partial charge in [-0.05, 0) is 36.8 Å². The van der Waals surface area contributed by atoms with Crippen LogP contribution in [0.4, 0.5) is 5.13 Å². The number of hydrogen-bond acceptors (Lipinski definition) is 7. The second-order valence-corrected chi connectivity index (χ2v) is 10.7. The number of ether oxygens (including phenoxy) is 1. The molecule has 1 atom stereocenters. The number of carbonyl (C=O) groups excluding carboxylic acids is 2. The van der Waals surface area contributed by atoms with Crippen LogP contribution in [0.1, 0.15) is 28.9 Å². The Morgan fingerprint density at radius 3 is 2.61 bits per heavy atom. The highest BCUT2D eigenvalue weighted by Crippen LogP contribution is 2.28. The van der Waals surface area contributed by atoms with Crippen LogP contribution in [0.5, 0.6) is 5.75 Å². The van der Waals surface area contributed by atoms with Crippen molar-refractivity contribution < 1.29 is 22.7 Å². The molecule has 186 valence electrons. The lowest BCUT2D eigenvalue weighted by atomic mass is 10.1. The van der Waals surface area contributed by atoms with Gasteiger partial charge < -0.3 is 15.4 Å². The van der Waals surface area contributed by atoms with E-state index >= 15 is 0 Å². The molecule has 2 aromatic carbocycles. The number of nitrogens with one attached hydrogen (secondary N) is 2. The van der Waals surface area contributed by atoms with Crippen LogP contribution in [0.2, 0.25) is 0 Å². The lowest BCUT2D eigenvalue weighted by Crippen LogP contribution is -2.32. The van der Waals surface area contributed by atoms with Crippen molar-refractivity contribution >= 4 is 38.3 Å². The summed E-state index contributed by atoms with van der Waals surface area (Å²) in [6.45, 7) is 1.69. The number of anilines is 1. The van der Waals surface area contributed by atoms with E-state index in [0.29, 0.717) is 10.8 Å². The van der Waals surface area contributed by atoms with Crippen LogP contribution in [0.3, 0.4) is 0 Å². The number of carbonyl (C=O) groups is 2. The van der Waals surface area contributed by atoms with E-state index in [0.717, 1.165) is 27.1 Å². The molecule has 4 aromatic rings. The fraction of sp³-hybridized carbons (Fsp3) is 0.160. The molecule has 0 spiro atoms. The second kappa shape index (κ2) is 10.8. The monoisotopic (exact) mass is 524 g/mol. The highest BCUT2D eigenvalue weighted by atomic mass is 32.2. The van der Waals surface area contributed by atoms with Crippen LogP contribution < -0.4 is 15.4 Å². The summed E-state index contributed by atoms with van der Waals surface area (Å²) >= 11 is 1.27. The first-order chi connectivity index (χ1) is 17.2. The topological polar surface area (TPSA) is 119 Å². The minimum Gasteiger partial charge on any atom is -0.486 e. The number of aromatic nitrogens is 2. The molecule has 1 unspecified atom stereocenters. The molecule has 0 radical (unpaired) electrons. The Labute approximate surface area is 212 Å². The number of benzene rings is 2. The van der Waals surface area contributed by atoms with E-state index in [1.54, 1.807) is 0 Å². The molecule has 2 heterocycles. The molecular weight excluding hydrogens is 500 g/mol. The fourth-order valence-corrected chi connectivity index (χ4v) is 4.65. The maximum Gasteiger partial charge on any atom is 0.253 e. The Kier molecular flexibility index (Phi) is 7.51. The van der Waals surface area contributed by atoms with Gasteiger partial charge in [0.2, 0.25) is 15.9 Å². The largest absolute Gasteiger partial charge is 0.486 e. The van der Waals surface area contributed by atoms with Gasteiger partial charge in [-0.15, -0.1) is 11.3 Å². The molecule has 0 aliphatic rings. The molecule has 2 N–H and O–H groups in total. The van der Waals surface area contributed by atoms with Crippen molar-refractivity contribution in [2.75, 3.05) is 18.1 Å². The second-order valence-electron chi connectivity index (χ2n) is 7.96. The van der Waals surface area contributed by atoms with Crippen LogP contribution >= 0.6 is 11.3 Å². The first-order valence-electron chi connectivity index (χ1n) is 10.9. The van der Waals surface area contributed by atoms with E-state index in [1.165, 1.54) is 29.8 Å². The van der Waals surface area contributed by atoms with E-state index in [9.17, 15) is 18.0 Å². The van der Waals surface area contributed by atoms with Crippen LogP contribution in [0, 0.1) is 0 Å². The summed E-state index contributed by atoms with van der Waals surface area (Å²) in [6, 6.07) is 18.8. The number of thiazole rings is 1. The smallest absolute Gasteiger partial charge is 0.253 e. The Balaban J connectivity index is 1.34. The minimum atomic E-state index is -3.49. The van der Waals surface area contributed by atoms with Crippen molar-refractivity contribution in [2.24, 2.45) is 0 Å². The first-order valence-corrected chi connectivity index (χ1v) is 13.7. The van der Waals surface area contributed by atoms with E-state index in [4.69, 9.17) is 4.74 Å². The Morgan fingerprint density at radius 2 is 1.89 bits per heavy atom. The zero-order valence-corrected chi connectivity index (χ0v) is 21.2. The van der Waals surface area contributed by atoms with Crippen molar-refractivity contribution in [1.29, 1.82) is 0 Å². The van der Waals surface area contributed by atoms with E-state index in [2.05, 4.69) is 15.6 Å². The summed E-state index contributed by atoms with van der Waals surface area (Å²) in [4.78, 5) is 29.0. The van der Waals surface area contributed by atoms with Gasteiger partial charge >= 0.3 is 0 Å². The maximum absolute atomic E-state index is 12.3. The minimum absolute atomic E-state index is 0.134. The van der Waals surface area contributed by atoms with E-state index in [1.807, 2.05) is 66.9 Å². The van der Waals surface area contributed by atoms with Crippen LogP contribution in [-0.4, -0.2) is 42.0 Å². The highest BCUT2D eigenvalue weighted by molar-refractivity contribution is 7.89. The molecule has 4 rings (SSSR count). The quantitative estimate of drug-likeness (QED) is 0.342. The highest BCUT2D eigenvalue weighted by Gasteiger charge is 2.14. The lowest BCUT2D eigenvalue weighted by Gasteiger charge is -2.15. The van der Waals surface area contributed by atoms with Crippen molar-refractivity contribution in [2.45, 2.75) is 13.0 Å². The maximum atomic E-state index is 12.3. The van der Waals surface area contributed by atoms with Crippen LogP contribution in [0.25, 0.3) is 11.3 Å². The van der Waals surface area contributed by atoms with Crippen molar-refractivity contribution in [1.82, 2.24) is 14.3 Å². The summed E-state index contributed by atoms with van der Waals surface area (Å²) in [5.41, 5.74) is 2.71. The number of nitrogens with zero attached hydrogens (tertiary/aromatic N) is 2. The van der Waals surface area contributed by atoms with Gasteiger partial charge in [0.05, 0.1) is 24.1 Å².